The SMILES string of the molecule is O=C1c2ccc(OCc3cn[nH]c3-c3ccc(Cl)cc3)cc2CN1CCC(F)(F)F. The third kappa shape index (κ3) is 4.43. The topological polar surface area (TPSA) is 58.2 Å². The Morgan fingerprint density at radius 3 is 2.67 bits per heavy atom. The molecule has 1 aliphatic rings. The molecule has 1 aliphatic heterocycles. The van der Waals surface area contributed by atoms with Crippen molar-refractivity contribution in [1.29, 1.82) is 0 Å². The maximum absolute atomic E-state index is 12.5. The van der Waals surface area contributed by atoms with Gasteiger partial charge >= 0.3 is 6.18 Å². The fourth-order valence-electron chi connectivity index (χ4n) is 3.34. The molecule has 4 rings (SSSR count). The Kier molecular flexibility index (Phi) is 5.42. The first kappa shape index (κ1) is 20.3. The number of H-pyrrole nitrogens is 1. The van der Waals surface area contributed by atoms with E-state index in [9.17, 15) is 18.0 Å². The molecule has 5 nitrogen and oxygen atoms in total. The first-order valence-corrected chi connectivity index (χ1v) is 9.58. The number of aromatic amines is 1. The number of nitrogens with zero attached hydrogens (tertiary/aromatic N) is 2. The Morgan fingerprint density at radius 2 is 1.93 bits per heavy atom. The number of benzene rings is 2. The van der Waals surface area contributed by atoms with Crippen LogP contribution in [-0.4, -0.2) is 33.7 Å². The highest BCUT2D eigenvalue weighted by Crippen LogP contribution is 2.30. The number of ether oxygens (including phenoxy) is 1. The molecule has 0 fully saturated rings. The lowest BCUT2D eigenvalue weighted by Gasteiger charge is -2.16. The minimum Gasteiger partial charge on any atom is -0.489 e. The lowest BCUT2D eigenvalue weighted by atomic mass is 10.1. The van der Waals surface area contributed by atoms with Gasteiger partial charge in [-0.15, -0.1) is 0 Å². The van der Waals surface area contributed by atoms with Gasteiger partial charge in [0.2, 0.25) is 0 Å². The van der Waals surface area contributed by atoms with E-state index in [0.717, 1.165) is 16.8 Å². The van der Waals surface area contributed by atoms with E-state index in [0.29, 0.717) is 21.9 Å². The average molecular weight is 436 g/mol. The second-order valence-corrected chi connectivity index (χ2v) is 7.41. The largest absolute Gasteiger partial charge is 0.489 e. The van der Waals surface area contributed by atoms with Crippen molar-refractivity contribution in [3.63, 3.8) is 0 Å². The number of carbonyl (C=O) groups is 1. The molecule has 1 amide bonds. The molecular weight excluding hydrogens is 419 g/mol. The van der Waals surface area contributed by atoms with E-state index in [-0.39, 0.29) is 25.6 Å². The number of carbonyl (C=O) groups excluding carboxylic acids is 1. The Hall–Kier alpha value is -3.00. The molecule has 0 radical (unpaired) electrons. The summed E-state index contributed by atoms with van der Waals surface area (Å²) >= 11 is 5.93. The van der Waals surface area contributed by atoms with Gasteiger partial charge < -0.3 is 9.64 Å². The van der Waals surface area contributed by atoms with Gasteiger partial charge in [-0.25, -0.2) is 0 Å². The summed E-state index contributed by atoms with van der Waals surface area (Å²) in [5.74, 6) is 0.142. The Bertz CT molecular complexity index is 1060. The second-order valence-electron chi connectivity index (χ2n) is 6.98. The van der Waals surface area contributed by atoms with Gasteiger partial charge in [0.25, 0.3) is 5.91 Å². The molecule has 30 heavy (non-hydrogen) atoms. The van der Waals surface area contributed by atoms with Crippen LogP contribution in [0.5, 0.6) is 5.75 Å². The minimum absolute atomic E-state index is 0.142. The van der Waals surface area contributed by atoms with Crippen LogP contribution in [0.3, 0.4) is 0 Å². The van der Waals surface area contributed by atoms with Crippen molar-refractivity contribution in [2.24, 2.45) is 0 Å². The van der Waals surface area contributed by atoms with Gasteiger partial charge in [0.15, 0.2) is 0 Å². The number of aromatic nitrogens is 2. The molecule has 0 spiro atoms. The van der Waals surface area contributed by atoms with Crippen LogP contribution in [0, 0.1) is 0 Å². The zero-order valence-electron chi connectivity index (χ0n) is 15.7. The third-order valence-electron chi connectivity index (χ3n) is 4.87. The predicted molar refractivity (Wildman–Crippen MR) is 105 cm³/mol. The van der Waals surface area contributed by atoms with Gasteiger partial charge in [-0.1, -0.05) is 23.7 Å². The van der Waals surface area contributed by atoms with Gasteiger partial charge in [-0.3, -0.25) is 9.89 Å². The van der Waals surface area contributed by atoms with Gasteiger partial charge in [0.1, 0.15) is 12.4 Å². The highest BCUT2D eigenvalue weighted by Gasteiger charge is 2.33. The van der Waals surface area contributed by atoms with Crippen LogP contribution >= 0.6 is 11.6 Å². The number of rotatable bonds is 6. The zero-order valence-corrected chi connectivity index (χ0v) is 16.4. The van der Waals surface area contributed by atoms with E-state index in [1.807, 2.05) is 12.1 Å². The monoisotopic (exact) mass is 435 g/mol. The lowest BCUT2D eigenvalue weighted by Crippen LogP contribution is -2.28. The highest BCUT2D eigenvalue weighted by atomic mass is 35.5. The van der Waals surface area contributed by atoms with Crippen molar-refractivity contribution >= 4 is 17.5 Å². The van der Waals surface area contributed by atoms with Crippen LogP contribution < -0.4 is 4.74 Å². The molecule has 3 aromatic rings. The smallest absolute Gasteiger partial charge is 0.390 e. The number of fused-ring (bicyclic) bond motifs is 1. The average Bonchev–Trinajstić information content (AvgIpc) is 3.29. The quantitative estimate of drug-likeness (QED) is 0.577. The number of nitrogens with one attached hydrogen (secondary N) is 1. The minimum atomic E-state index is -4.30. The van der Waals surface area contributed by atoms with E-state index in [1.165, 1.54) is 4.90 Å². The Morgan fingerprint density at radius 1 is 1.17 bits per heavy atom. The van der Waals surface area contributed by atoms with Crippen LogP contribution in [-0.2, 0) is 13.2 Å². The van der Waals surface area contributed by atoms with Crippen LogP contribution in [0.4, 0.5) is 13.2 Å². The number of hydrogen-bond donors (Lipinski definition) is 1. The van der Waals surface area contributed by atoms with E-state index >= 15 is 0 Å². The summed E-state index contributed by atoms with van der Waals surface area (Å²) in [7, 11) is 0. The molecule has 0 bridgehead atoms. The fraction of sp³-hybridized carbons (Fsp3) is 0.238. The van der Waals surface area contributed by atoms with Gasteiger partial charge in [-0.05, 0) is 35.9 Å². The number of amides is 1. The van der Waals surface area contributed by atoms with Crippen LogP contribution in [0.25, 0.3) is 11.3 Å². The van der Waals surface area contributed by atoms with Crippen molar-refractivity contribution in [1.82, 2.24) is 15.1 Å². The molecule has 0 saturated carbocycles. The third-order valence-corrected chi connectivity index (χ3v) is 5.12. The molecular formula is C21H17ClF3N3O2. The van der Waals surface area contributed by atoms with E-state index in [4.69, 9.17) is 16.3 Å². The summed E-state index contributed by atoms with van der Waals surface area (Å²) in [6.45, 7) is 0.0227. The number of alkyl halides is 3. The summed E-state index contributed by atoms with van der Waals surface area (Å²) in [6.07, 6.45) is -3.65. The predicted octanol–water partition coefficient (Wildman–Crippen LogP) is 5.22. The van der Waals surface area contributed by atoms with Crippen molar-refractivity contribution in [3.05, 3.63) is 70.4 Å². The second kappa shape index (κ2) is 8.02. The van der Waals surface area contributed by atoms with Crippen molar-refractivity contribution in [2.75, 3.05) is 6.54 Å². The molecule has 1 N–H and O–H groups in total. The number of hydrogen-bond acceptors (Lipinski definition) is 3. The zero-order chi connectivity index (χ0) is 21.3. The molecule has 0 unspecified atom stereocenters. The van der Waals surface area contributed by atoms with Gasteiger partial charge in [-0.2, -0.15) is 18.3 Å². The van der Waals surface area contributed by atoms with Crippen molar-refractivity contribution < 1.29 is 22.7 Å². The van der Waals surface area contributed by atoms with Crippen LogP contribution in [0.1, 0.15) is 27.9 Å². The van der Waals surface area contributed by atoms with E-state index in [1.54, 1.807) is 36.5 Å². The van der Waals surface area contributed by atoms with Crippen LogP contribution in [0.15, 0.2) is 48.7 Å². The van der Waals surface area contributed by atoms with Crippen molar-refractivity contribution in [2.45, 2.75) is 25.7 Å². The highest BCUT2D eigenvalue weighted by molar-refractivity contribution is 6.30. The first-order chi connectivity index (χ1) is 14.3. The maximum Gasteiger partial charge on any atom is 0.390 e. The lowest BCUT2D eigenvalue weighted by molar-refractivity contribution is -0.136. The molecule has 0 atom stereocenters. The Labute approximate surface area is 175 Å². The molecule has 2 aromatic carbocycles. The Balaban J connectivity index is 1.43. The molecule has 0 saturated heterocycles. The van der Waals surface area contributed by atoms with Crippen LogP contribution in [0.2, 0.25) is 5.02 Å². The van der Waals surface area contributed by atoms with E-state index in [2.05, 4.69) is 10.2 Å². The first-order valence-electron chi connectivity index (χ1n) is 9.20. The molecule has 156 valence electrons. The summed E-state index contributed by atoms with van der Waals surface area (Å²) in [5, 5.41) is 7.64. The maximum atomic E-state index is 12.5. The normalized spacial score (nSPS) is 13.6. The fourth-order valence-corrected chi connectivity index (χ4v) is 3.46. The molecule has 9 heteroatoms. The van der Waals surface area contributed by atoms with E-state index < -0.39 is 12.6 Å². The standard InChI is InChI=1S/C21H17ClF3N3O2/c22-16-3-1-13(2-4-16)19-15(10-26-27-19)12-30-17-5-6-18-14(9-17)11-28(20(18)29)8-7-21(23,24)25/h1-6,9-10H,7-8,11-12H2,(H,26,27). The van der Waals surface area contributed by atoms with Gasteiger partial charge in [0, 0.05) is 34.8 Å². The van der Waals surface area contributed by atoms with Crippen molar-refractivity contribution in [3.8, 4) is 17.0 Å². The molecule has 0 aliphatic carbocycles. The molecule has 1 aromatic heterocycles. The summed E-state index contributed by atoms with van der Waals surface area (Å²) in [5.41, 5.74) is 3.62. The number of halogens is 4. The summed E-state index contributed by atoms with van der Waals surface area (Å²) in [4.78, 5) is 13.5. The van der Waals surface area contributed by atoms with Gasteiger partial charge in [0.05, 0.1) is 18.3 Å². The summed E-state index contributed by atoms with van der Waals surface area (Å²) in [6, 6.07) is 12.2. The summed E-state index contributed by atoms with van der Waals surface area (Å²) < 4.78 is 43.3. The molecule has 2 heterocycles.